The maximum atomic E-state index is 13.2. The number of nitrogens with zero attached hydrogens (tertiary/aromatic N) is 2. The average Bonchev–Trinajstić information content (AvgIpc) is 2.83. The average molecular weight is 448 g/mol. The van der Waals surface area contributed by atoms with Gasteiger partial charge in [-0.15, -0.1) is 0 Å². The fourth-order valence-electron chi connectivity index (χ4n) is 3.71. The third kappa shape index (κ3) is 5.21. The molecular weight excluding hydrogens is 426 g/mol. The Hall–Kier alpha value is -3.51. The molecule has 7 heteroatoms. The summed E-state index contributed by atoms with van der Waals surface area (Å²) in [7, 11) is 0. The van der Waals surface area contributed by atoms with Crippen LogP contribution in [0.25, 0.3) is 0 Å². The number of carbonyl (C=O) groups is 2. The number of halogens is 1. The van der Waals surface area contributed by atoms with E-state index in [0.717, 1.165) is 11.1 Å². The predicted octanol–water partition coefficient (Wildman–Crippen LogP) is 4.93. The molecule has 0 aliphatic carbocycles. The van der Waals surface area contributed by atoms with E-state index in [1.165, 1.54) is 0 Å². The van der Waals surface area contributed by atoms with Crippen LogP contribution in [0.15, 0.2) is 84.0 Å². The number of aliphatic imine (C=N–C) groups is 1. The zero-order valence-electron chi connectivity index (χ0n) is 17.3. The van der Waals surface area contributed by atoms with Crippen molar-refractivity contribution in [1.82, 2.24) is 10.3 Å². The number of ether oxygens (including phenoxy) is 1. The number of aromatic nitrogens is 1. The summed E-state index contributed by atoms with van der Waals surface area (Å²) in [6, 6.07) is 21.2. The monoisotopic (exact) mass is 447 g/mol. The number of benzene rings is 2. The SMILES string of the molecule is O=C1N=C(CCc2ccccc2Cl)C(C(=O)OCc2ccccc2)C(c2ccccn2)N1. The summed E-state index contributed by atoms with van der Waals surface area (Å²) in [5, 5.41) is 3.42. The summed E-state index contributed by atoms with van der Waals surface area (Å²) in [6.07, 6.45) is 2.57. The number of aryl methyl sites for hydroxylation is 1. The highest BCUT2D eigenvalue weighted by molar-refractivity contribution is 6.31. The highest BCUT2D eigenvalue weighted by Crippen LogP contribution is 2.29. The third-order valence-electron chi connectivity index (χ3n) is 5.31. The number of urea groups is 1. The van der Waals surface area contributed by atoms with E-state index in [4.69, 9.17) is 16.3 Å². The molecule has 162 valence electrons. The van der Waals surface area contributed by atoms with Gasteiger partial charge in [0.05, 0.1) is 11.7 Å². The highest BCUT2D eigenvalue weighted by Gasteiger charge is 2.40. The van der Waals surface area contributed by atoms with E-state index in [9.17, 15) is 9.59 Å². The first-order chi connectivity index (χ1) is 15.6. The molecule has 0 saturated carbocycles. The van der Waals surface area contributed by atoms with Crippen LogP contribution in [0.5, 0.6) is 0 Å². The van der Waals surface area contributed by atoms with Gasteiger partial charge in [0.1, 0.15) is 12.5 Å². The van der Waals surface area contributed by atoms with Crippen LogP contribution in [-0.2, 0) is 22.6 Å². The minimum absolute atomic E-state index is 0.136. The number of nitrogens with one attached hydrogen (secondary N) is 1. The number of pyridine rings is 1. The van der Waals surface area contributed by atoms with Crippen LogP contribution in [0.1, 0.15) is 29.3 Å². The zero-order valence-corrected chi connectivity index (χ0v) is 18.0. The molecule has 4 rings (SSSR count). The van der Waals surface area contributed by atoms with Crippen molar-refractivity contribution in [1.29, 1.82) is 0 Å². The van der Waals surface area contributed by atoms with Crippen molar-refractivity contribution in [2.45, 2.75) is 25.5 Å². The van der Waals surface area contributed by atoms with Gasteiger partial charge in [0, 0.05) is 16.9 Å². The number of hydrogen-bond donors (Lipinski definition) is 1. The molecule has 0 bridgehead atoms. The second kappa shape index (κ2) is 10.2. The van der Waals surface area contributed by atoms with E-state index in [-0.39, 0.29) is 6.61 Å². The van der Waals surface area contributed by atoms with Crippen molar-refractivity contribution in [3.05, 3.63) is 101 Å². The smallest absolute Gasteiger partial charge is 0.341 e. The summed E-state index contributed by atoms with van der Waals surface area (Å²) >= 11 is 6.29. The third-order valence-corrected chi connectivity index (χ3v) is 5.68. The Labute approximate surface area is 191 Å². The van der Waals surface area contributed by atoms with E-state index < -0.39 is 24.0 Å². The molecule has 32 heavy (non-hydrogen) atoms. The number of rotatable bonds is 7. The molecule has 2 amide bonds. The molecule has 1 N–H and O–H groups in total. The van der Waals surface area contributed by atoms with Crippen LogP contribution >= 0.6 is 11.6 Å². The maximum absolute atomic E-state index is 13.2. The number of esters is 1. The van der Waals surface area contributed by atoms with Gasteiger partial charge in [-0.25, -0.2) is 9.79 Å². The van der Waals surface area contributed by atoms with Crippen molar-refractivity contribution < 1.29 is 14.3 Å². The summed E-state index contributed by atoms with van der Waals surface area (Å²) in [5.41, 5.74) is 2.84. The first-order valence-electron chi connectivity index (χ1n) is 10.3. The van der Waals surface area contributed by atoms with Gasteiger partial charge < -0.3 is 10.1 Å². The van der Waals surface area contributed by atoms with Crippen molar-refractivity contribution in [2.24, 2.45) is 10.9 Å². The fourth-order valence-corrected chi connectivity index (χ4v) is 3.94. The Kier molecular flexibility index (Phi) is 6.92. The maximum Gasteiger partial charge on any atom is 0.341 e. The molecule has 0 spiro atoms. The van der Waals surface area contributed by atoms with Gasteiger partial charge in [-0.05, 0) is 42.2 Å². The van der Waals surface area contributed by atoms with Gasteiger partial charge >= 0.3 is 12.0 Å². The zero-order chi connectivity index (χ0) is 22.3. The van der Waals surface area contributed by atoms with E-state index in [1.807, 2.05) is 60.7 Å². The van der Waals surface area contributed by atoms with Gasteiger partial charge in [0.2, 0.25) is 0 Å². The summed E-state index contributed by atoms with van der Waals surface area (Å²) in [6.45, 7) is 0.136. The first kappa shape index (κ1) is 21.7. The minimum Gasteiger partial charge on any atom is -0.460 e. The molecule has 0 radical (unpaired) electrons. The molecule has 3 aromatic rings. The van der Waals surface area contributed by atoms with E-state index in [0.29, 0.717) is 29.3 Å². The molecular formula is C25H22ClN3O3. The van der Waals surface area contributed by atoms with Crippen LogP contribution in [-0.4, -0.2) is 22.7 Å². The van der Waals surface area contributed by atoms with Crippen molar-refractivity contribution in [2.75, 3.05) is 0 Å². The Morgan fingerprint density at radius 3 is 2.47 bits per heavy atom. The topological polar surface area (TPSA) is 80.7 Å². The van der Waals surface area contributed by atoms with Gasteiger partial charge in [0.15, 0.2) is 0 Å². The molecule has 2 atom stereocenters. The van der Waals surface area contributed by atoms with Crippen LogP contribution < -0.4 is 5.32 Å². The van der Waals surface area contributed by atoms with E-state index in [1.54, 1.807) is 18.3 Å². The number of carbonyl (C=O) groups excluding carboxylic acids is 2. The molecule has 2 unspecified atom stereocenters. The molecule has 2 aromatic carbocycles. The number of hydrogen-bond acceptors (Lipinski definition) is 4. The molecule has 0 fully saturated rings. The predicted molar refractivity (Wildman–Crippen MR) is 122 cm³/mol. The largest absolute Gasteiger partial charge is 0.460 e. The molecule has 1 aromatic heterocycles. The lowest BCUT2D eigenvalue weighted by molar-refractivity contribution is -0.148. The Morgan fingerprint density at radius 1 is 0.969 bits per heavy atom. The summed E-state index contributed by atoms with van der Waals surface area (Å²) in [5.74, 6) is -1.24. The molecule has 0 saturated heterocycles. The van der Waals surface area contributed by atoms with Crippen molar-refractivity contribution >= 4 is 29.3 Å². The van der Waals surface area contributed by atoms with Gasteiger partial charge in [-0.1, -0.05) is 66.2 Å². The standard InChI is InChI=1S/C25H22ClN3O3/c26-19-11-5-4-10-18(19)13-14-20-22(24(30)32-16-17-8-2-1-3-9-17)23(29-25(31)28-20)21-12-6-7-15-27-21/h1-12,15,22-23H,13-14,16H2,(H,29,31). The first-order valence-corrected chi connectivity index (χ1v) is 10.7. The van der Waals surface area contributed by atoms with Crippen LogP contribution in [0, 0.1) is 5.92 Å². The number of amides is 2. The summed E-state index contributed by atoms with van der Waals surface area (Å²) < 4.78 is 5.64. The molecule has 2 heterocycles. The van der Waals surface area contributed by atoms with E-state index >= 15 is 0 Å². The van der Waals surface area contributed by atoms with Crippen molar-refractivity contribution in [3.63, 3.8) is 0 Å². The van der Waals surface area contributed by atoms with E-state index in [2.05, 4.69) is 15.3 Å². The fraction of sp³-hybridized carbons (Fsp3) is 0.200. The molecule has 1 aliphatic heterocycles. The normalized spacial score (nSPS) is 17.9. The minimum atomic E-state index is -0.784. The Balaban J connectivity index is 1.59. The van der Waals surface area contributed by atoms with Crippen LogP contribution in [0.3, 0.4) is 0 Å². The van der Waals surface area contributed by atoms with Gasteiger partial charge in [-0.2, -0.15) is 0 Å². The quantitative estimate of drug-likeness (QED) is 0.520. The Bertz CT molecular complexity index is 1120. The van der Waals surface area contributed by atoms with Crippen LogP contribution in [0.4, 0.5) is 4.79 Å². The molecule has 6 nitrogen and oxygen atoms in total. The summed E-state index contributed by atoms with van der Waals surface area (Å²) in [4.78, 5) is 34.1. The lowest BCUT2D eigenvalue weighted by atomic mass is 9.87. The second-order valence-electron chi connectivity index (χ2n) is 7.45. The lowest BCUT2D eigenvalue weighted by Gasteiger charge is -2.30. The van der Waals surface area contributed by atoms with Crippen LogP contribution in [0.2, 0.25) is 5.02 Å². The van der Waals surface area contributed by atoms with Gasteiger partial charge in [0.25, 0.3) is 0 Å². The highest BCUT2D eigenvalue weighted by atomic mass is 35.5. The lowest BCUT2D eigenvalue weighted by Crippen LogP contribution is -2.45. The second-order valence-corrected chi connectivity index (χ2v) is 7.85. The molecule has 1 aliphatic rings. The van der Waals surface area contributed by atoms with Crippen molar-refractivity contribution in [3.8, 4) is 0 Å². The Morgan fingerprint density at radius 2 is 1.72 bits per heavy atom. The van der Waals surface area contributed by atoms with Gasteiger partial charge in [-0.3, -0.25) is 9.78 Å².